The highest BCUT2D eigenvalue weighted by atomic mass is 16.4. The monoisotopic (exact) mass is 281 g/mol. The maximum absolute atomic E-state index is 12.2. The van der Waals surface area contributed by atoms with E-state index in [0.29, 0.717) is 25.3 Å². The second-order valence-electron chi connectivity index (χ2n) is 5.66. The van der Waals surface area contributed by atoms with Crippen molar-refractivity contribution in [3.8, 4) is 0 Å². The molecule has 4 heteroatoms. The molecule has 0 aliphatic heterocycles. The van der Waals surface area contributed by atoms with Crippen molar-refractivity contribution in [3.05, 3.63) is 12.2 Å². The summed E-state index contributed by atoms with van der Waals surface area (Å²) in [7, 11) is 0. The molecule has 2 N–H and O–H groups in total. The Kier molecular flexibility index (Phi) is 7.34. The van der Waals surface area contributed by atoms with Crippen LogP contribution in [0.5, 0.6) is 0 Å². The molecule has 0 heterocycles. The Morgan fingerprint density at radius 2 is 1.90 bits per heavy atom. The molecule has 0 radical (unpaired) electrons. The number of carbonyl (C=O) groups excluding carboxylic acids is 1. The summed E-state index contributed by atoms with van der Waals surface area (Å²) in [5.41, 5.74) is 0. The fourth-order valence-corrected chi connectivity index (χ4v) is 2.70. The van der Waals surface area contributed by atoms with Crippen molar-refractivity contribution in [1.29, 1.82) is 0 Å². The quantitative estimate of drug-likeness (QED) is 0.672. The third-order valence-electron chi connectivity index (χ3n) is 4.19. The Balaban J connectivity index is 2.48. The van der Waals surface area contributed by atoms with Crippen LogP contribution >= 0.6 is 0 Å². The van der Waals surface area contributed by atoms with E-state index in [1.807, 2.05) is 12.2 Å². The van der Waals surface area contributed by atoms with Gasteiger partial charge in [0.1, 0.15) is 0 Å². The lowest BCUT2D eigenvalue weighted by Gasteiger charge is -2.25. The Bertz CT molecular complexity index is 352. The molecule has 1 amide bonds. The van der Waals surface area contributed by atoms with Gasteiger partial charge in [-0.05, 0) is 25.2 Å². The van der Waals surface area contributed by atoms with Crippen molar-refractivity contribution < 1.29 is 14.7 Å². The lowest BCUT2D eigenvalue weighted by atomic mass is 9.82. The molecular weight excluding hydrogens is 254 g/mol. The molecule has 1 rings (SSSR count). The zero-order valence-corrected chi connectivity index (χ0v) is 12.6. The van der Waals surface area contributed by atoms with Gasteiger partial charge >= 0.3 is 5.97 Å². The number of hydrogen-bond acceptors (Lipinski definition) is 2. The highest BCUT2D eigenvalue weighted by Gasteiger charge is 2.33. The molecule has 0 aromatic rings. The Labute approximate surface area is 121 Å². The normalized spacial score (nSPS) is 23.3. The lowest BCUT2D eigenvalue weighted by molar-refractivity contribution is -0.147. The Hall–Kier alpha value is -1.32. The summed E-state index contributed by atoms with van der Waals surface area (Å²) in [6.07, 6.45) is 9.29. The maximum Gasteiger partial charge on any atom is 0.307 e. The first kappa shape index (κ1) is 16.7. The Morgan fingerprint density at radius 1 is 1.25 bits per heavy atom. The molecule has 114 valence electrons. The standard InChI is InChI=1S/C16H27NO3/c1-3-5-8-12(4-2)11-17-15(18)13-9-6-7-10-14(13)16(19)20/h6-7,12-14H,3-5,8-11H2,1-2H3,(H,17,18)(H,19,20)/t12?,13-,14+/m1/s1. The van der Waals surface area contributed by atoms with Crippen molar-refractivity contribution in [2.75, 3.05) is 6.54 Å². The van der Waals surface area contributed by atoms with Crippen LogP contribution in [0.2, 0.25) is 0 Å². The number of aliphatic carboxylic acids is 1. The minimum Gasteiger partial charge on any atom is -0.481 e. The first-order valence-electron chi connectivity index (χ1n) is 7.75. The van der Waals surface area contributed by atoms with Gasteiger partial charge in [-0.3, -0.25) is 9.59 Å². The summed E-state index contributed by atoms with van der Waals surface area (Å²) in [5.74, 6) is -1.46. The first-order valence-corrected chi connectivity index (χ1v) is 7.75. The molecule has 3 atom stereocenters. The number of rotatable bonds is 8. The average molecular weight is 281 g/mol. The summed E-state index contributed by atoms with van der Waals surface area (Å²) in [6.45, 7) is 4.97. The Morgan fingerprint density at radius 3 is 2.45 bits per heavy atom. The predicted molar refractivity (Wildman–Crippen MR) is 79.3 cm³/mol. The third-order valence-corrected chi connectivity index (χ3v) is 4.19. The molecule has 0 saturated heterocycles. The van der Waals surface area contributed by atoms with Crippen LogP contribution in [0.3, 0.4) is 0 Å². The number of amides is 1. The predicted octanol–water partition coefficient (Wildman–Crippen LogP) is 2.99. The van der Waals surface area contributed by atoms with E-state index < -0.39 is 17.8 Å². The number of carboxylic acid groups (broad SMARTS) is 1. The summed E-state index contributed by atoms with van der Waals surface area (Å²) in [4.78, 5) is 23.4. The summed E-state index contributed by atoms with van der Waals surface area (Å²) < 4.78 is 0. The van der Waals surface area contributed by atoms with Gasteiger partial charge in [0.05, 0.1) is 11.8 Å². The maximum atomic E-state index is 12.2. The molecule has 1 aliphatic rings. The van der Waals surface area contributed by atoms with Gasteiger partial charge in [-0.15, -0.1) is 0 Å². The number of hydrogen-bond donors (Lipinski definition) is 2. The second-order valence-corrected chi connectivity index (χ2v) is 5.66. The molecule has 1 unspecified atom stereocenters. The van der Waals surface area contributed by atoms with Gasteiger partial charge in [0.2, 0.25) is 5.91 Å². The van der Waals surface area contributed by atoms with Gasteiger partial charge in [-0.1, -0.05) is 45.3 Å². The van der Waals surface area contributed by atoms with E-state index >= 15 is 0 Å². The molecule has 0 bridgehead atoms. The zero-order valence-electron chi connectivity index (χ0n) is 12.6. The molecule has 1 aliphatic carbocycles. The molecular formula is C16H27NO3. The van der Waals surface area contributed by atoms with Crippen LogP contribution in [0, 0.1) is 17.8 Å². The number of allylic oxidation sites excluding steroid dienone is 2. The van der Waals surface area contributed by atoms with Crippen LogP contribution in [0.15, 0.2) is 12.2 Å². The van der Waals surface area contributed by atoms with Crippen LogP contribution in [-0.2, 0) is 9.59 Å². The fourth-order valence-electron chi connectivity index (χ4n) is 2.70. The highest BCUT2D eigenvalue weighted by molar-refractivity contribution is 5.85. The second kappa shape index (κ2) is 8.77. The molecule has 0 spiro atoms. The molecule has 4 nitrogen and oxygen atoms in total. The van der Waals surface area contributed by atoms with E-state index in [9.17, 15) is 14.7 Å². The van der Waals surface area contributed by atoms with E-state index in [4.69, 9.17) is 0 Å². The summed E-state index contributed by atoms with van der Waals surface area (Å²) >= 11 is 0. The van der Waals surface area contributed by atoms with Crippen molar-refractivity contribution in [2.45, 2.75) is 52.4 Å². The van der Waals surface area contributed by atoms with Gasteiger partial charge in [-0.2, -0.15) is 0 Å². The number of nitrogens with one attached hydrogen (secondary N) is 1. The van der Waals surface area contributed by atoms with Crippen molar-refractivity contribution >= 4 is 11.9 Å². The molecule has 0 aromatic carbocycles. The van der Waals surface area contributed by atoms with E-state index in [0.717, 1.165) is 12.8 Å². The SMILES string of the molecule is CCCCC(CC)CNC(=O)[C@@H]1CC=CC[C@@H]1C(=O)O. The molecule has 20 heavy (non-hydrogen) atoms. The minimum atomic E-state index is -0.868. The largest absolute Gasteiger partial charge is 0.481 e. The topological polar surface area (TPSA) is 66.4 Å². The number of unbranched alkanes of at least 4 members (excludes halogenated alkanes) is 1. The van der Waals surface area contributed by atoms with Gasteiger partial charge in [0.25, 0.3) is 0 Å². The van der Waals surface area contributed by atoms with E-state index in [-0.39, 0.29) is 5.91 Å². The van der Waals surface area contributed by atoms with Crippen molar-refractivity contribution in [3.63, 3.8) is 0 Å². The molecule has 0 aromatic heterocycles. The number of carbonyl (C=O) groups is 2. The molecule has 0 saturated carbocycles. The van der Waals surface area contributed by atoms with Crippen LogP contribution in [0.25, 0.3) is 0 Å². The average Bonchev–Trinajstić information content (AvgIpc) is 2.47. The highest BCUT2D eigenvalue weighted by Crippen LogP contribution is 2.26. The lowest BCUT2D eigenvalue weighted by Crippen LogP contribution is -2.40. The molecule has 0 fully saturated rings. The van der Waals surface area contributed by atoms with Gasteiger partial charge < -0.3 is 10.4 Å². The van der Waals surface area contributed by atoms with Gasteiger partial charge in [-0.25, -0.2) is 0 Å². The summed E-state index contributed by atoms with van der Waals surface area (Å²) in [5, 5.41) is 12.1. The van der Waals surface area contributed by atoms with Crippen LogP contribution in [0.4, 0.5) is 0 Å². The van der Waals surface area contributed by atoms with Crippen LogP contribution < -0.4 is 5.32 Å². The smallest absolute Gasteiger partial charge is 0.307 e. The third kappa shape index (κ3) is 4.99. The van der Waals surface area contributed by atoms with E-state index in [1.165, 1.54) is 12.8 Å². The van der Waals surface area contributed by atoms with Gasteiger partial charge in [0.15, 0.2) is 0 Å². The fraction of sp³-hybridized carbons (Fsp3) is 0.750. The van der Waals surface area contributed by atoms with Gasteiger partial charge in [0, 0.05) is 6.54 Å². The van der Waals surface area contributed by atoms with Crippen molar-refractivity contribution in [1.82, 2.24) is 5.32 Å². The summed E-state index contributed by atoms with van der Waals surface area (Å²) in [6, 6.07) is 0. The van der Waals surface area contributed by atoms with Crippen LogP contribution in [-0.4, -0.2) is 23.5 Å². The van der Waals surface area contributed by atoms with Crippen molar-refractivity contribution in [2.24, 2.45) is 17.8 Å². The van der Waals surface area contributed by atoms with E-state index in [1.54, 1.807) is 0 Å². The van der Waals surface area contributed by atoms with E-state index in [2.05, 4.69) is 19.2 Å². The number of carboxylic acids is 1. The zero-order chi connectivity index (χ0) is 15.0. The van der Waals surface area contributed by atoms with Crippen LogP contribution in [0.1, 0.15) is 52.4 Å². The minimum absolute atomic E-state index is 0.100. The first-order chi connectivity index (χ1) is 9.60.